The number of hydrogen-bond donors (Lipinski definition) is 3. The van der Waals surface area contributed by atoms with Crippen LogP contribution >= 0.6 is 0 Å². The van der Waals surface area contributed by atoms with Crippen LogP contribution in [-0.2, 0) is 19.3 Å². The van der Waals surface area contributed by atoms with E-state index in [1.54, 1.807) is 0 Å². The average Bonchev–Trinajstić information content (AvgIpc) is 2.42. The normalized spacial score (nSPS) is 9.10. The third-order valence-corrected chi connectivity index (χ3v) is 1.70. The van der Waals surface area contributed by atoms with Crippen molar-refractivity contribution in [2.24, 2.45) is 0 Å². The van der Waals surface area contributed by atoms with Crippen LogP contribution in [0.25, 0.3) is 0 Å². The molecule has 7 nitrogen and oxygen atoms in total. The highest BCUT2D eigenvalue weighted by Crippen LogP contribution is 1.91. The largest absolute Gasteiger partial charge is 0.397 e. The van der Waals surface area contributed by atoms with Crippen LogP contribution in [0.1, 0.15) is 33.6 Å². The first kappa shape index (κ1) is 27.8. The summed E-state index contributed by atoms with van der Waals surface area (Å²) < 4.78 is 36.5. The molecule has 3 N–H and O–H groups in total. The topological polar surface area (TPSA) is 113 Å². The Hall–Kier alpha value is -0.510. The Morgan fingerprint density at radius 1 is 1.00 bits per heavy atom. The predicted molar refractivity (Wildman–Crippen MR) is 80.0 cm³/mol. The SMILES string of the molecule is C=C.CCCCOS(=O)(=O)O.CCOCC.OCCO. The lowest BCUT2D eigenvalue weighted by molar-refractivity contribution is 0.162. The number of aliphatic hydroxyl groups is 2. The molecule has 0 saturated carbocycles. The monoisotopic (exact) mass is 318 g/mol. The zero-order chi connectivity index (χ0) is 16.9. The Kier molecular flexibility index (Phi) is 37.4. The van der Waals surface area contributed by atoms with Gasteiger partial charge in [-0.2, -0.15) is 8.42 Å². The molecular formula is C12H30O7S. The standard InChI is InChI=1S/C4H10O4S.C4H10O.C2H6O2.C2H4/c1-2-3-4-8-9(5,6)7;1-3-5-4-2;3-1-2-4;1-2/h2-4H2,1H3,(H,5,6,7);3-4H2,1-2H3;3-4H,1-2H2;1-2H2. The van der Waals surface area contributed by atoms with Crippen molar-refractivity contribution in [3.8, 4) is 0 Å². The molecule has 0 aliphatic heterocycles. The van der Waals surface area contributed by atoms with Crippen LogP contribution in [0, 0.1) is 0 Å². The lowest BCUT2D eigenvalue weighted by atomic mass is 10.4. The van der Waals surface area contributed by atoms with E-state index >= 15 is 0 Å². The molecule has 0 aromatic carbocycles. The molecule has 0 spiro atoms. The van der Waals surface area contributed by atoms with Crippen molar-refractivity contribution < 1.29 is 32.1 Å². The van der Waals surface area contributed by atoms with E-state index in [2.05, 4.69) is 17.3 Å². The first-order valence-electron chi connectivity index (χ1n) is 6.30. The van der Waals surface area contributed by atoms with Gasteiger partial charge in [-0.15, -0.1) is 13.2 Å². The van der Waals surface area contributed by atoms with Crippen molar-refractivity contribution in [2.75, 3.05) is 33.0 Å². The summed E-state index contributed by atoms with van der Waals surface area (Å²) >= 11 is 0. The smallest absolute Gasteiger partial charge is 0.394 e. The summed E-state index contributed by atoms with van der Waals surface area (Å²) in [6.45, 7) is 13.4. The van der Waals surface area contributed by atoms with E-state index in [0.717, 1.165) is 19.6 Å². The van der Waals surface area contributed by atoms with Crippen LogP contribution in [-0.4, -0.2) is 56.2 Å². The number of unbranched alkanes of at least 4 members (excludes halogenated alkanes) is 1. The maximum atomic E-state index is 9.84. The molecule has 0 aliphatic carbocycles. The number of ether oxygens (including phenoxy) is 1. The fourth-order valence-electron chi connectivity index (χ4n) is 0.513. The van der Waals surface area contributed by atoms with Gasteiger partial charge >= 0.3 is 10.4 Å². The molecule has 0 fully saturated rings. The summed E-state index contributed by atoms with van der Waals surface area (Å²) in [5, 5.41) is 15.2. The number of hydrogen-bond acceptors (Lipinski definition) is 6. The van der Waals surface area contributed by atoms with Crippen LogP contribution in [0.4, 0.5) is 0 Å². The zero-order valence-corrected chi connectivity index (χ0v) is 13.6. The third kappa shape index (κ3) is 66.0. The van der Waals surface area contributed by atoms with Gasteiger partial charge in [-0.05, 0) is 20.3 Å². The van der Waals surface area contributed by atoms with Gasteiger partial charge in [-0.25, -0.2) is 4.18 Å². The molecule has 0 radical (unpaired) electrons. The van der Waals surface area contributed by atoms with Crippen LogP contribution < -0.4 is 0 Å². The van der Waals surface area contributed by atoms with Crippen molar-refractivity contribution in [1.82, 2.24) is 0 Å². The molecule has 0 aromatic rings. The van der Waals surface area contributed by atoms with Gasteiger partial charge in [-0.1, -0.05) is 13.3 Å². The summed E-state index contributed by atoms with van der Waals surface area (Å²) in [6, 6.07) is 0. The highest BCUT2D eigenvalue weighted by molar-refractivity contribution is 7.80. The maximum Gasteiger partial charge on any atom is 0.397 e. The summed E-state index contributed by atoms with van der Waals surface area (Å²) in [5.41, 5.74) is 0. The Balaban J connectivity index is -0.0000000990. The summed E-state index contributed by atoms with van der Waals surface area (Å²) in [7, 11) is -4.20. The minimum atomic E-state index is -4.20. The van der Waals surface area contributed by atoms with Crippen molar-refractivity contribution in [3.05, 3.63) is 13.2 Å². The molecule has 126 valence electrons. The van der Waals surface area contributed by atoms with Crippen molar-refractivity contribution in [3.63, 3.8) is 0 Å². The predicted octanol–water partition coefficient (Wildman–Crippen LogP) is 1.42. The third-order valence-electron chi connectivity index (χ3n) is 1.24. The van der Waals surface area contributed by atoms with Gasteiger partial charge in [0.05, 0.1) is 19.8 Å². The van der Waals surface area contributed by atoms with Crippen LogP contribution in [0.15, 0.2) is 13.2 Å². The second-order valence-corrected chi connectivity index (χ2v) is 3.92. The van der Waals surface area contributed by atoms with Crippen LogP contribution in [0.5, 0.6) is 0 Å². The molecule has 0 aliphatic rings. The van der Waals surface area contributed by atoms with E-state index in [4.69, 9.17) is 19.5 Å². The van der Waals surface area contributed by atoms with Gasteiger partial charge in [0.2, 0.25) is 0 Å². The van der Waals surface area contributed by atoms with E-state index in [1.165, 1.54) is 0 Å². The molecule has 0 unspecified atom stereocenters. The molecule has 0 heterocycles. The molecular weight excluding hydrogens is 288 g/mol. The Labute approximate surface area is 123 Å². The maximum absolute atomic E-state index is 9.84. The van der Waals surface area contributed by atoms with Gasteiger partial charge < -0.3 is 14.9 Å². The summed E-state index contributed by atoms with van der Waals surface area (Å²) in [6.07, 6.45) is 1.48. The number of rotatable bonds is 7. The van der Waals surface area contributed by atoms with Gasteiger partial charge in [0.1, 0.15) is 0 Å². The van der Waals surface area contributed by atoms with E-state index in [9.17, 15) is 8.42 Å². The van der Waals surface area contributed by atoms with Gasteiger partial charge in [-0.3, -0.25) is 4.55 Å². The molecule has 8 heteroatoms. The highest BCUT2D eigenvalue weighted by Gasteiger charge is 2.00. The van der Waals surface area contributed by atoms with Crippen LogP contribution in [0.2, 0.25) is 0 Å². The van der Waals surface area contributed by atoms with Crippen molar-refractivity contribution in [1.29, 1.82) is 0 Å². The van der Waals surface area contributed by atoms with Crippen molar-refractivity contribution in [2.45, 2.75) is 33.6 Å². The first-order chi connectivity index (χ1) is 9.39. The van der Waals surface area contributed by atoms with E-state index in [0.29, 0.717) is 6.42 Å². The second-order valence-electron chi connectivity index (χ2n) is 2.83. The second kappa shape index (κ2) is 26.9. The van der Waals surface area contributed by atoms with Crippen LogP contribution in [0.3, 0.4) is 0 Å². The van der Waals surface area contributed by atoms with Crippen molar-refractivity contribution >= 4 is 10.4 Å². The Morgan fingerprint density at radius 2 is 1.40 bits per heavy atom. The lowest BCUT2D eigenvalue weighted by Crippen LogP contribution is -2.04. The number of aliphatic hydroxyl groups excluding tert-OH is 2. The minimum absolute atomic E-state index is 0.0648. The molecule has 0 atom stereocenters. The van der Waals surface area contributed by atoms with E-state index in [1.807, 2.05) is 20.8 Å². The lowest BCUT2D eigenvalue weighted by Gasteiger charge is -1.95. The average molecular weight is 318 g/mol. The highest BCUT2D eigenvalue weighted by atomic mass is 32.3. The molecule has 0 amide bonds. The van der Waals surface area contributed by atoms with Gasteiger partial charge in [0.15, 0.2) is 0 Å². The van der Waals surface area contributed by atoms with Gasteiger partial charge in [0.25, 0.3) is 0 Å². The molecule has 0 aromatic heterocycles. The Morgan fingerprint density at radius 3 is 1.55 bits per heavy atom. The fourth-order valence-corrected chi connectivity index (χ4v) is 0.841. The zero-order valence-electron chi connectivity index (χ0n) is 12.7. The van der Waals surface area contributed by atoms with Gasteiger partial charge in [0, 0.05) is 13.2 Å². The molecule has 0 bridgehead atoms. The molecule has 20 heavy (non-hydrogen) atoms. The first-order valence-corrected chi connectivity index (χ1v) is 7.67. The quantitative estimate of drug-likeness (QED) is 0.369. The Bertz CT molecular complexity index is 226. The summed E-state index contributed by atoms with van der Waals surface area (Å²) in [5.74, 6) is 0. The summed E-state index contributed by atoms with van der Waals surface area (Å²) in [4.78, 5) is 0. The minimum Gasteiger partial charge on any atom is -0.394 e. The van der Waals surface area contributed by atoms with E-state index < -0.39 is 10.4 Å². The fraction of sp³-hybridized carbons (Fsp3) is 0.833. The van der Waals surface area contributed by atoms with E-state index in [-0.39, 0.29) is 19.8 Å². The molecule has 0 saturated heterocycles. The molecule has 0 rings (SSSR count).